The number of phenolic OH excluding ortho intramolecular Hbond substituents is 5. The van der Waals surface area contributed by atoms with Crippen LogP contribution in [0, 0.1) is 20.8 Å². The third kappa shape index (κ3) is 20.4. The smallest absolute Gasteiger partial charge is 0.259 e. The van der Waals surface area contributed by atoms with Crippen molar-refractivity contribution < 1.29 is 84.3 Å². The number of pyridine rings is 1. The van der Waals surface area contributed by atoms with Gasteiger partial charge in [0.15, 0.2) is 29.5 Å². The molecule has 0 saturated carbocycles. The Morgan fingerprint density at radius 1 is 0.381 bits per heavy atom. The second-order valence-corrected chi connectivity index (χ2v) is 31.5. The molecule has 6 amide bonds. The van der Waals surface area contributed by atoms with Crippen LogP contribution in [0.4, 0.5) is 34.1 Å². The molecule has 0 aliphatic rings. The van der Waals surface area contributed by atoms with Gasteiger partial charge < -0.3 is 62.2 Å². The number of amides is 6. The number of anilines is 6. The number of sulfone groups is 3. The van der Waals surface area contributed by atoms with E-state index in [1.54, 1.807) is 83.1 Å². The summed E-state index contributed by atoms with van der Waals surface area (Å²) in [5.74, 6) is -5.94. The van der Waals surface area contributed by atoms with Crippen LogP contribution in [0.25, 0.3) is 0 Å². The van der Waals surface area contributed by atoms with Crippen molar-refractivity contribution in [2.75, 3.05) is 39.0 Å². The Labute approximate surface area is 629 Å². The van der Waals surface area contributed by atoms with Crippen molar-refractivity contribution in [2.45, 2.75) is 91.2 Å². The number of carbonyl (C=O) groups is 6. The minimum Gasteiger partial charge on any atom is -0.507 e. The van der Waals surface area contributed by atoms with Crippen LogP contribution in [0.3, 0.4) is 0 Å². The molecule has 0 fully saturated rings. The van der Waals surface area contributed by atoms with E-state index < -0.39 is 98.0 Å². The molecule has 0 saturated heterocycles. The number of halogens is 5. The largest absolute Gasteiger partial charge is 0.507 e. The van der Waals surface area contributed by atoms with E-state index in [0.717, 1.165) is 41.1 Å². The first-order chi connectivity index (χ1) is 49.4. The summed E-state index contributed by atoms with van der Waals surface area (Å²) < 4.78 is 82.7. The molecule has 9 aromatic rings. The van der Waals surface area contributed by atoms with Crippen molar-refractivity contribution >= 4 is 157 Å². The van der Waals surface area contributed by atoms with Crippen molar-refractivity contribution in [3.05, 3.63) is 222 Å². The second-order valence-electron chi connectivity index (χ2n) is 23.0. The molecule has 1 aromatic heterocycles. The number of benzene rings is 8. The lowest BCUT2D eigenvalue weighted by Crippen LogP contribution is -2.34. The Hall–Kier alpha value is -10.2. The Morgan fingerprint density at radius 2 is 0.714 bits per heavy atom. The summed E-state index contributed by atoms with van der Waals surface area (Å²) in [6.07, 6.45) is 1.07. The van der Waals surface area contributed by atoms with Crippen molar-refractivity contribution in [3.8, 4) is 34.6 Å². The highest BCUT2D eigenvalue weighted by Crippen LogP contribution is 2.39. The maximum Gasteiger partial charge on any atom is 0.259 e. The third-order valence-electron chi connectivity index (χ3n) is 15.5. The molecule has 9 rings (SSSR count). The number of hydrogen-bond acceptors (Lipinski definition) is 19. The predicted octanol–water partition coefficient (Wildman–Crippen LogP) is 14.5. The molecule has 0 aliphatic heterocycles. The maximum atomic E-state index is 13.0. The lowest BCUT2D eigenvalue weighted by atomic mass is 10.1. The van der Waals surface area contributed by atoms with Gasteiger partial charge in [0.25, 0.3) is 17.7 Å². The first-order valence-electron chi connectivity index (χ1n) is 31.3. The zero-order chi connectivity index (χ0) is 77.6. The van der Waals surface area contributed by atoms with Gasteiger partial charge in [-0.25, -0.2) is 30.2 Å². The van der Waals surface area contributed by atoms with Crippen LogP contribution in [0.15, 0.2) is 179 Å². The Bertz CT molecular complexity index is 5160. The van der Waals surface area contributed by atoms with Gasteiger partial charge in [-0.2, -0.15) is 0 Å². The number of aromatic nitrogens is 1. The Kier molecular flexibility index (Phi) is 27.8. The highest BCUT2D eigenvalue weighted by Gasteiger charge is 2.36. The van der Waals surface area contributed by atoms with E-state index in [-0.39, 0.29) is 122 Å². The van der Waals surface area contributed by atoms with Gasteiger partial charge in [0.1, 0.15) is 44.5 Å². The van der Waals surface area contributed by atoms with Gasteiger partial charge in [0.2, 0.25) is 23.6 Å². The minimum atomic E-state index is -4.10. The molecule has 25 nitrogen and oxygen atoms in total. The van der Waals surface area contributed by atoms with Gasteiger partial charge in [-0.05, 0) is 137 Å². The fourth-order valence-corrected chi connectivity index (χ4v) is 15.8. The normalized spacial score (nSPS) is 12.1. The zero-order valence-electron chi connectivity index (χ0n) is 56.5. The maximum absolute atomic E-state index is 13.0. The number of nitrogens with zero attached hydrogens (tertiary/aromatic N) is 1. The zero-order valence-corrected chi connectivity index (χ0v) is 62.8. The second kappa shape index (κ2) is 35.5. The number of methoxy groups -OCH3 is 1. The van der Waals surface area contributed by atoms with Gasteiger partial charge in [-0.3, -0.25) is 28.8 Å². The van der Waals surface area contributed by atoms with Gasteiger partial charge >= 0.3 is 0 Å². The fourth-order valence-electron chi connectivity index (χ4n) is 9.98. The van der Waals surface area contributed by atoms with Crippen LogP contribution in [-0.2, 0) is 43.9 Å². The number of ether oxygens (including phenoxy) is 1. The third-order valence-corrected chi connectivity index (χ3v) is 23.7. The lowest BCUT2D eigenvalue weighted by Gasteiger charge is -2.17. The number of hydrogen-bond donors (Lipinski definition) is 11. The van der Waals surface area contributed by atoms with E-state index in [1.165, 1.54) is 105 Å². The van der Waals surface area contributed by atoms with Crippen molar-refractivity contribution in [1.82, 2.24) is 4.98 Å². The average molecular weight is 1590 g/mol. The van der Waals surface area contributed by atoms with Gasteiger partial charge in [-0.1, -0.05) is 132 Å². The fraction of sp³-hybridized carbons (Fsp3) is 0.181. The minimum absolute atomic E-state index is 0.00445. The number of nitrogens with one attached hydrogen (secondary N) is 6. The number of aromatic hydroxyl groups is 5. The molecule has 0 radical (unpaired) electrons. The Balaban J connectivity index is 0.000000220. The standard InChI is InChI=1S/C24H21Cl3N2O5S.C24H24ClN3O7S.C24H23ClN2O6S/c1-3-22(35(33,34)15-7-5-14(25)6-8-15)24(32)28-19-12-21(30)20(11-18(19)27)29-23(31)16-10-13(2)4-9-17(16)26;1-4-21(36(33,34)14-6-8-22(35-3)26-12-14)24(32)27-17-11-20(30)18(10-16(17)25)28-23(31)15-9-13(2)5-7-19(15)29;1-3-22(34(32,33)15-7-5-4-6-8-15)24(31)26-18-13-21(29)19(12-17(18)25)27-23(30)16-11-14(2)9-10-20(16)28/h4-12,22,30H,3H2,1-2H3,(H,28,32)(H,29,31);5-12,21,29-30H,4H2,1-3H3,(H,27,32)(H,28,31);4-13,22,28-29H,3H2,1-2H3,(H,26,31)(H,27,30). The van der Waals surface area contributed by atoms with Gasteiger partial charge in [-0.15, -0.1) is 0 Å². The Morgan fingerprint density at radius 3 is 1.07 bits per heavy atom. The van der Waals surface area contributed by atoms with Crippen LogP contribution < -0.4 is 36.6 Å². The van der Waals surface area contributed by atoms with Crippen LogP contribution in [0.5, 0.6) is 34.6 Å². The molecule has 11 N–H and O–H groups in total. The molecule has 3 atom stereocenters. The number of aryl methyl sites for hydroxylation is 3. The summed E-state index contributed by atoms with van der Waals surface area (Å²) in [4.78, 5) is 80.0. The van der Waals surface area contributed by atoms with E-state index in [2.05, 4.69) is 36.9 Å². The van der Waals surface area contributed by atoms with E-state index in [0.29, 0.717) is 5.02 Å². The van der Waals surface area contributed by atoms with Crippen LogP contribution in [0.2, 0.25) is 25.1 Å². The first-order valence-corrected chi connectivity index (χ1v) is 37.8. The summed E-state index contributed by atoms with van der Waals surface area (Å²) in [5.41, 5.74) is 2.25. The molecular formula is C72H68Cl5N7O18S3. The summed E-state index contributed by atoms with van der Waals surface area (Å²) in [6, 6.07) is 36.6. The topological polar surface area (TPSA) is 400 Å². The number of rotatable bonds is 22. The molecule has 33 heteroatoms. The SMILES string of the molecule is CCC(C(=O)Nc1cc(O)c(NC(=O)c2cc(C)ccc2Cl)cc1Cl)S(=O)(=O)c1ccc(Cl)cc1.CCC(C(=O)Nc1cc(O)c(NC(=O)c2cc(C)ccc2O)cc1Cl)S(=O)(=O)c1ccc(OC)nc1.CCC(C(=O)Nc1cc(O)c(NC(=O)c2cc(C)ccc2O)cc1Cl)S(=O)(=O)c1ccccc1. The highest BCUT2D eigenvalue weighted by molar-refractivity contribution is 7.93. The molecule has 552 valence electrons. The highest BCUT2D eigenvalue weighted by atomic mass is 35.5. The predicted molar refractivity (Wildman–Crippen MR) is 403 cm³/mol. The van der Waals surface area contributed by atoms with Crippen LogP contribution in [0.1, 0.15) is 87.8 Å². The number of phenols is 5. The molecular weight excluding hydrogens is 1520 g/mol. The van der Waals surface area contributed by atoms with E-state index in [1.807, 2.05) is 0 Å². The molecule has 0 aliphatic carbocycles. The molecule has 105 heavy (non-hydrogen) atoms. The van der Waals surface area contributed by atoms with Crippen LogP contribution >= 0.6 is 58.0 Å². The van der Waals surface area contributed by atoms with Crippen molar-refractivity contribution in [1.29, 1.82) is 0 Å². The molecule has 0 bridgehead atoms. The van der Waals surface area contributed by atoms with Gasteiger partial charge in [0, 0.05) is 35.5 Å². The average Bonchev–Trinajstić information content (AvgIpc) is 0.794. The number of carbonyl (C=O) groups excluding carboxylic acids is 6. The first kappa shape index (κ1) is 82.1. The van der Waals surface area contributed by atoms with E-state index in [9.17, 15) is 79.6 Å². The van der Waals surface area contributed by atoms with E-state index >= 15 is 0 Å². The quantitative estimate of drug-likeness (QED) is 0.0281. The summed E-state index contributed by atoms with van der Waals surface area (Å²) in [6.45, 7) is 9.97. The molecule has 3 unspecified atom stereocenters. The van der Waals surface area contributed by atoms with E-state index in [4.69, 9.17) is 62.7 Å². The summed E-state index contributed by atoms with van der Waals surface area (Å²) in [7, 11) is -10.7. The molecule has 1 heterocycles. The summed E-state index contributed by atoms with van der Waals surface area (Å²) in [5, 5.41) is 62.0. The lowest BCUT2D eigenvalue weighted by molar-refractivity contribution is -0.116. The van der Waals surface area contributed by atoms with Crippen molar-refractivity contribution in [3.63, 3.8) is 0 Å². The molecule has 0 spiro atoms. The van der Waals surface area contributed by atoms with Crippen molar-refractivity contribution in [2.24, 2.45) is 0 Å². The van der Waals surface area contributed by atoms with Gasteiger partial charge in [0.05, 0.1) is 92.7 Å². The summed E-state index contributed by atoms with van der Waals surface area (Å²) >= 11 is 30.7. The molecule has 8 aromatic carbocycles. The monoisotopic (exact) mass is 1590 g/mol. The van der Waals surface area contributed by atoms with Crippen LogP contribution in [-0.4, -0.2) is 114 Å².